The lowest BCUT2D eigenvalue weighted by Gasteiger charge is -2.17. The molecule has 0 bridgehead atoms. The quantitative estimate of drug-likeness (QED) is 0.866. The van der Waals surface area contributed by atoms with E-state index in [0.717, 1.165) is 10.0 Å². The van der Waals surface area contributed by atoms with Crippen LogP contribution in [0.15, 0.2) is 35.1 Å². The van der Waals surface area contributed by atoms with E-state index in [2.05, 4.69) is 44.2 Å². The lowest BCUT2D eigenvalue weighted by atomic mass is 10.1. The summed E-state index contributed by atoms with van der Waals surface area (Å²) in [6, 6.07) is 8.29. The molecule has 0 spiro atoms. The molecule has 2 aromatic rings. The number of hydrogen-bond acceptors (Lipinski definition) is 5. The average molecular weight is 352 g/mol. The van der Waals surface area contributed by atoms with Crippen LogP contribution in [0.25, 0.3) is 0 Å². The molecule has 0 unspecified atom stereocenters. The van der Waals surface area contributed by atoms with E-state index in [1.165, 1.54) is 11.9 Å². The van der Waals surface area contributed by atoms with Crippen LogP contribution < -0.4 is 14.8 Å². The minimum atomic E-state index is 0.162. The third-order valence-corrected chi connectivity index (χ3v) is 3.93. The average Bonchev–Trinajstić information content (AvgIpc) is 2.52. The summed E-state index contributed by atoms with van der Waals surface area (Å²) in [7, 11) is 3.17. The van der Waals surface area contributed by atoms with Crippen LogP contribution in [0.4, 0.5) is 0 Å². The van der Waals surface area contributed by atoms with E-state index < -0.39 is 0 Å². The van der Waals surface area contributed by atoms with E-state index in [0.29, 0.717) is 18.3 Å². The Balaban J connectivity index is 2.15. The highest BCUT2D eigenvalue weighted by Crippen LogP contribution is 2.26. The Morgan fingerprint density at radius 2 is 1.76 bits per heavy atom. The first kappa shape index (κ1) is 15.7. The van der Waals surface area contributed by atoms with Gasteiger partial charge in [-0.3, -0.25) is 0 Å². The van der Waals surface area contributed by atoms with Gasteiger partial charge >= 0.3 is 0 Å². The number of benzene rings is 1. The van der Waals surface area contributed by atoms with Crippen LogP contribution in [-0.4, -0.2) is 24.2 Å². The second kappa shape index (κ2) is 7.38. The van der Waals surface area contributed by atoms with Gasteiger partial charge in [0.2, 0.25) is 11.8 Å². The second-order valence-electron chi connectivity index (χ2n) is 4.49. The van der Waals surface area contributed by atoms with Gasteiger partial charge in [0, 0.05) is 17.1 Å². The summed E-state index contributed by atoms with van der Waals surface area (Å²) in [6.45, 7) is 2.65. The molecular weight excluding hydrogens is 334 g/mol. The van der Waals surface area contributed by atoms with E-state index in [1.54, 1.807) is 14.2 Å². The predicted molar refractivity (Wildman–Crippen MR) is 84.5 cm³/mol. The number of nitrogens with zero attached hydrogens (tertiary/aromatic N) is 2. The topological polar surface area (TPSA) is 56.3 Å². The monoisotopic (exact) mass is 351 g/mol. The number of aromatic nitrogens is 2. The molecule has 0 aliphatic heterocycles. The van der Waals surface area contributed by atoms with Crippen LogP contribution in [0, 0.1) is 0 Å². The molecule has 0 aliphatic carbocycles. The van der Waals surface area contributed by atoms with E-state index in [1.807, 2.05) is 18.2 Å². The Hall–Kier alpha value is -1.66. The third-order valence-electron chi connectivity index (χ3n) is 3.21. The van der Waals surface area contributed by atoms with Crippen LogP contribution >= 0.6 is 15.9 Å². The van der Waals surface area contributed by atoms with Crippen LogP contribution in [-0.2, 0) is 6.54 Å². The fraction of sp³-hybridized carbons (Fsp3) is 0.333. The number of rotatable bonds is 6. The highest BCUT2D eigenvalue weighted by Gasteiger charge is 2.15. The maximum atomic E-state index is 5.27. The maximum absolute atomic E-state index is 5.27. The van der Waals surface area contributed by atoms with Crippen molar-refractivity contribution in [1.29, 1.82) is 0 Å². The van der Waals surface area contributed by atoms with E-state index in [9.17, 15) is 0 Å². The predicted octanol–water partition coefficient (Wildman–Crippen LogP) is 3.11. The van der Waals surface area contributed by atoms with Crippen LogP contribution in [0.3, 0.4) is 0 Å². The minimum absolute atomic E-state index is 0.162. The molecule has 0 fully saturated rings. The third kappa shape index (κ3) is 3.71. The lowest BCUT2D eigenvalue weighted by molar-refractivity contribution is 0.357. The summed E-state index contributed by atoms with van der Waals surface area (Å²) >= 11 is 3.57. The van der Waals surface area contributed by atoms with Gasteiger partial charge in [0.25, 0.3) is 0 Å². The Labute approximate surface area is 132 Å². The van der Waals surface area contributed by atoms with Crippen LogP contribution in [0.1, 0.15) is 24.1 Å². The number of hydrogen-bond donors (Lipinski definition) is 1. The summed E-state index contributed by atoms with van der Waals surface area (Å²) in [5.74, 6) is 1.04. The SMILES string of the molecule is COc1ncnc(OC)c1CN[C@@H](C)c1ccccc1Br. The molecule has 2 rings (SSSR count). The van der Waals surface area contributed by atoms with Crippen LogP contribution in [0.5, 0.6) is 11.8 Å². The largest absolute Gasteiger partial charge is 0.481 e. The van der Waals surface area contributed by atoms with Crippen molar-refractivity contribution < 1.29 is 9.47 Å². The molecule has 1 atom stereocenters. The molecule has 0 saturated heterocycles. The number of ether oxygens (including phenoxy) is 2. The summed E-state index contributed by atoms with van der Waals surface area (Å²) in [5.41, 5.74) is 1.99. The minimum Gasteiger partial charge on any atom is -0.481 e. The Kier molecular flexibility index (Phi) is 5.52. The van der Waals surface area contributed by atoms with Crippen molar-refractivity contribution in [3.05, 3.63) is 46.2 Å². The number of methoxy groups -OCH3 is 2. The Bertz CT molecular complexity index is 585. The van der Waals surface area contributed by atoms with Gasteiger partial charge in [0.15, 0.2) is 0 Å². The molecule has 112 valence electrons. The first-order valence-corrected chi connectivity index (χ1v) is 7.36. The molecule has 0 amide bonds. The van der Waals surface area contributed by atoms with Crippen molar-refractivity contribution in [1.82, 2.24) is 15.3 Å². The fourth-order valence-electron chi connectivity index (χ4n) is 2.08. The molecular formula is C15H18BrN3O2. The molecule has 1 heterocycles. The molecule has 5 nitrogen and oxygen atoms in total. The van der Waals surface area contributed by atoms with Crippen molar-refractivity contribution in [3.8, 4) is 11.8 Å². The summed E-state index contributed by atoms with van der Waals surface area (Å²) in [5, 5.41) is 3.44. The van der Waals surface area contributed by atoms with Crippen LogP contribution in [0.2, 0.25) is 0 Å². The summed E-state index contributed by atoms with van der Waals surface area (Å²) in [6.07, 6.45) is 1.43. The standard InChI is InChI=1S/C15H18BrN3O2/c1-10(11-6-4-5-7-13(11)16)17-8-12-14(20-2)18-9-19-15(12)21-3/h4-7,9-10,17H,8H2,1-3H3/t10-/m0/s1. The van der Waals surface area contributed by atoms with Gasteiger partial charge in [-0.2, -0.15) is 0 Å². The normalized spacial score (nSPS) is 12.0. The summed E-state index contributed by atoms with van der Waals surface area (Å²) < 4.78 is 11.6. The zero-order chi connectivity index (χ0) is 15.2. The molecule has 0 radical (unpaired) electrons. The lowest BCUT2D eigenvalue weighted by Crippen LogP contribution is -2.20. The molecule has 1 aromatic heterocycles. The van der Waals surface area contributed by atoms with Gasteiger partial charge in [-0.1, -0.05) is 34.1 Å². The molecule has 1 N–H and O–H groups in total. The second-order valence-corrected chi connectivity index (χ2v) is 5.35. The fourth-order valence-corrected chi connectivity index (χ4v) is 2.70. The van der Waals surface area contributed by atoms with Crippen molar-refractivity contribution in [3.63, 3.8) is 0 Å². The van der Waals surface area contributed by atoms with E-state index >= 15 is 0 Å². The Morgan fingerprint density at radius 3 is 2.33 bits per heavy atom. The van der Waals surface area contributed by atoms with E-state index in [-0.39, 0.29) is 6.04 Å². The molecule has 6 heteroatoms. The molecule has 0 saturated carbocycles. The smallest absolute Gasteiger partial charge is 0.224 e. The van der Waals surface area contributed by atoms with Gasteiger partial charge in [-0.15, -0.1) is 0 Å². The van der Waals surface area contributed by atoms with Crippen molar-refractivity contribution in [2.75, 3.05) is 14.2 Å². The van der Waals surface area contributed by atoms with Crippen molar-refractivity contribution >= 4 is 15.9 Å². The molecule has 0 aliphatic rings. The van der Waals surface area contributed by atoms with Crippen molar-refractivity contribution in [2.24, 2.45) is 0 Å². The maximum Gasteiger partial charge on any atom is 0.224 e. The summed E-state index contributed by atoms with van der Waals surface area (Å²) in [4.78, 5) is 8.22. The number of nitrogens with one attached hydrogen (secondary N) is 1. The van der Waals surface area contributed by atoms with Gasteiger partial charge in [0.05, 0.1) is 19.8 Å². The van der Waals surface area contributed by atoms with Crippen molar-refractivity contribution in [2.45, 2.75) is 19.5 Å². The van der Waals surface area contributed by atoms with E-state index in [4.69, 9.17) is 9.47 Å². The van der Waals surface area contributed by atoms with Gasteiger partial charge in [-0.25, -0.2) is 9.97 Å². The first-order valence-electron chi connectivity index (χ1n) is 6.57. The van der Waals surface area contributed by atoms with Gasteiger partial charge in [-0.05, 0) is 18.6 Å². The van der Waals surface area contributed by atoms with Gasteiger partial charge < -0.3 is 14.8 Å². The number of halogens is 1. The zero-order valence-corrected chi connectivity index (χ0v) is 13.8. The highest BCUT2D eigenvalue weighted by atomic mass is 79.9. The molecule has 21 heavy (non-hydrogen) atoms. The molecule has 1 aromatic carbocycles. The van der Waals surface area contributed by atoms with Gasteiger partial charge in [0.1, 0.15) is 6.33 Å². The Morgan fingerprint density at radius 1 is 1.14 bits per heavy atom. The first-order chi connectivity index (χ1) is 10.2. The highest BCUT2D eigenvalue weighted by molar-refractivity contribution is 9.10. The zero-order valence-electron chi connectivity index (χ0n) is 12.3.